The van der Waals surface area contributed by atoms with Crippen LogP contribution in [0.15, 0.2) is 24.3 Å². The summed E-state index contributed by atoms with van der Waals surface area (Å²) in [5.41, 5.74) is -0.797. The van der Waals surface area contributed by atoms with Gasteiger partial charge in [-0.2, -0.15) is 0 Å². The highest BCUT2D eigenvalue weighted by Crippen LogP contribution is 2.48. The summed E-state index contributed by atoms with van der Waals surface area (Å²) in [5, 5.41) is 19.8. The van der Waals surface area contributed by atoms with E-state index in [1.807, 2.05) is 13.0 Å². The van der Waals surface area contributed by atoms with Crippen molar-refractivity contribution < 1.29 is 14.9 Å². The monoisotopic (exact) mass is 224 g/mol. The van der Waals surface area contributed by atoms with Gasteiger partial charge in [0.15, 0.2) is 0 Å². The normalized spacial score (nSPS) is 42.1. The Labute approximate surface area is 96.4 Å². The second-order valence-electron chi connectivity index (χ2n) is 4.71. The van der Waals surface area contributed by atoms with Crippen LogP contribution in [-0.4, -0.2) is 34.1 Å². The molecule has 0 spiro atoms. The fourth-order valence-corrected chi connectivity index (χ4v) is 2.45. The third-order valence-corrected chi connectivity index (χ3v) is 3.42. The minimum absolute atomic E-state index is 0.1000. The zero-order chi connectivity index (χ0) is 11.6. The summed E-state index contributed by atoms with van der Waals surface area (Å²) in [6.07, 6.45) is 10.5. The molecular formula is C13H20O3. The van der Waals surface area contributed by atoms with E-state index >= 15 is 0 Å². The molecule has 1 aliphatic carbocycles. The third kappa shape index (κ3) is 2.37. The summed E-state index contributed by atoms with van der Waals surface area (Å²) in [6, 6.07) is 0. The summed E-state index contributed by atoms with van der Waals surface area (Å²) < 4.78 is 5.24. The first-order valence-electron chi connectivity index (χ1n) is 5.99. The van der Waals surface area contributed by atoms with E-state index < -0.39 is 11.7 Å². The highest BCUT2D eigenvalue weighted by atomic mass is 16.6. The van der Waals surface area contributed by atoms with Crippen LogP contribution in [0.4, 0.5) is 0 Å². The van der Waals surface area contributed by atoms with Gasteiger partial charge in [-0.3, -0.25) is 0 Å². The van der Waals surface area contributed by atoms with Gasteiger partial charge >= 0.3 is 0 Å². The van der Waals surface area contributed by atoms with Crippen LogP contribution in [-0.2, 0) is 4.74 Å². The molecule has 0 aromatic carbocycles. The largest absolute Gasteiger partial charge is 0.390 e. The molecule has 4 atom stereocenters. The number of allylic oxidation sites excluding steroid dienone is 4. The molecule has 2 fully saturated rings. The van der Waals surface area contributed by atoms with Crippen LogP contribution >= 0.6 is 0 Å². The van der Waals surface area contributed by atoms with Crippen molar-refractivity contribution in [3.05, 3.63) is 24.3 Å². The van der Waals surface area contributed by atoms with Gasteiger partial charge in [-0.05, 0) is 26.2 Å². The Morgan fingerprint density at radius 3 is 2.75 bits per heavy atom. The van der Waals surface area contributed by atoms with E-state index in [9.17, 15) is 10.2 Å². The standard InChI is InChI=1S/C13H20O3/c1-2-3-4-5-6-7-8-13(15)9-10(14)11-12(13)16-11/h2-3,5-6,10-12,14-15H,4,7-9H2,1H3/b3-2+,6-5+/t10-,11-,12-,13+/m0/s1. The van der Waals surface area contributed by atoms with Crippen molar-refractivity contribution in [2.24, 2.45) is 0 Å². The maximum absolute atomic E-state index is 10.2. The molecule has 2 N–H and O–H groups in total. The molecule has 2 rings (SSSR count). The highest BCUT2D eigenvalue weighted by molar-refractivity contribution is 5.13. The molecule has 0 amide bonds. The van der Waals surface area contributed by atoms with E-state index in [0.29, 0.717) is 12.8 Å². The van der Waals surface area contributed by atoms with Crippen LogP contribution in [0, 0.1) is 0 Å². The van der Waals surface area contributed by atoms with Crippen LogP contribution in [0.2, 0.25) is 0 Å². The fraction of sp³-hybridized carbons (Fsp3) is 0.692. The van der Waals surface area contributed by atoms with E-state index in [0.717, 1.165) is 12.8 Å². The van der Waals surface area contributed by atoms with Crippen molar-refractivity contribution in [2.75, 3.05) is 0 Å². The quantitative estimate of drug-likeness (QED) is 0.550. The van der Waals surface area contributed by atoms with E-state index in [4.69, 9.17) is 4.74 Å². The summed E-state index contributed by atoms with van der Waals surface area (Å²) in [5.74, 6) is 0. The molecule has 3 heteroatoms. The lowest BCUT2D eigenvalue weighted by molar-refractivity contribution is -0.0344. The maximum Gasteiger partial charge on any atom is 0.116 e. The first-order chi connectivity index (χ1) is 7.67. The van der Waals surface area contributed by atoms with Crippen LogP contribution in [0.25, 0.3) is 0 Å². The maximum atomic E-state index is 10.2. The topological polar surface area (TPSA) is 53.0 Å². The van der Waals surface area contributed by atoms with E-state index in [1.54, 1.807) is 0 Å². The number of fused-ring (bicyclic) bond motifs is 1. The number of rotatable bonds is 5. The van der Waals surface area contributed by atoms with Crippen molar-refractivity contribution in [1.29, 1.82) is 0 Å². The van der Waals surface area contributed by atoms with Crippen molar-refractivity contribution >= 4 is 0 Å². The lowest BCUT2D eigenvalue weighted by Gasteiger charge is -2.23. The fourth-order valence-electron chi connectivity index (χ4n) is 2.45. The Bertz CT molecular complexity index is 298. The number of epoxide rings is 1. The molecule has 1 heterocycles. The van der Waals surface area contributed by atoms with Crippen LogP contribution < -0.4 is 0 Å². The highest BCUT2D eigenvalue weighted by Gasteiger charge is 2.63. The lowest BCUT2D eigenvalue weighted by atomic mass is 9.94. The number of aliphatic hydroxyl groups is 2. The molecule has 1 aliphatic heterocycles. The van der Waals surface area contributed by atoms with Gasteiger partial charge < -0.3 is 14.9 Å². The van der Waals surface area contributed by atoms with Gasteiger partial charge in [-0.25, -0.2) is 0 Å². The molecule has 1 saturated carbocycles. The van der Waals surface area contributed by atoms with E-state index in [2.05, 4.69) is 18.2 Å². The van der Waals surface area contributed by atoms with Gasteiger partial charge in [0.1, 0.15) is 12.2 Å². The molecule has 0 bridgehead atoms. The second kappa shape index (κ2) is 4.70. The smallest absolute Gasteiger partial charge is 0.116 e. The van der Waals surface area contributed by atoms with Gasteiger partial charge in [-0.15, -0.1) is 0 Å². The van der Waals surface area contributed by atoms with Crippen LogP contribution in [0.1, 0.15) is 32.6 Å². The molecule has 0 aromatic heterocycles. The predicted molar refractivity (Wildman–Crippen MR) is 62.0 cm³/mol. The van der Waals surface area contributed by atoms with Crippen molar-refractivity contribution in [3.63, 3.8) is 0 Å². The summed E-state index contributed by atoms with van der Waals surface area (Å²) in [6.45, 7) is 2.00. The van der Waals surface area contributed by atoms with Gasteiger partial charge in [0.25, 0.3) is 0 Å². The van der Waals surface area contributed by atoms with Gasteiger partial charge in [0, 0.05) is 6.42 Å². The Balaban J connectivity index is 1.72. The molecule has 3 nitrogen and oxygen atoms in total. The number of hydrogen-bond donors (Lipinski definition) is 2. The predicted octanol–water partition coefficient (Wildman–Crippen LogP) is 1.55. The summed E-state index contributed by atoms with van der Waals surface area (Å²) >= 11 is 0. The number of hydrogen-bond acceptors (Lipinski definition) is 3. The number of ether oxygens (including phenoxy) is 1. The van der Waals surface area contributed by atoms with Crippen molar-refractivity contribution in [1.82, 2.24) is 0 Å². The molecule has 0 radical (unpaired) electrons. The molecule has 2 aliphatic rings. The average molecular weight is 224 g/mol. The van der Waals surface area contributed by atoms with E-state index in [-0.39, 0.29) is 12.2 Å². The van der Waals surface area contributed by atoms with Crippen LogP contribution in [0.3, 0.4) is 0 Å². The van der Waals surface area contributed by atoms with Gasteiger partial charge in [0.2, 0.25) is 0 Å². The number of aliphatic hydroxyl groups excluding tert-OH is 1. The minimum Gasteiger partial charge on any atom is -0.390 e. The van der Waals surface area contributed by atoms with E-state index in [1.165, 1.54) is 0 Å². The first-order valence-corrected chi connectivity index (χ1v) is 5.99. The zero-order valence-electron chi connectivity index (χ0n) is 9.67. The molecule has 0 aromatic rings. The molecule has 16 heavy (non-hydrogen) atoms. The van der Waals surface area contributed by atoms with Crippen LogP contribution in [0.5, 0.6) is 0 Å². The SMILES string of the molecule is C/C=C/C/C=C/CC[C@@]1(O)C[C@H](O)[C@@H]2O[C@@H]21. The average Bonchev–Trinajstić information content (AvgIpc) is 2.99. The summed E-state index contributed by atoms with van der Waals surface area (Å²) in [4.78, 5) is 0. The summed E-state index contributed by atoms with van der Waals surface area (Å²) in [7, 11) is 0. The van der Waals surface area contributed by atoms with Crippen molar-refractivity contribution in [3.8, 4) is 0 Å². The minimum atomic E-state index is -0.797. The second-order valence-corrected chi connectivity index (χ2v) is 4.71. The Hall–Kier alpha value is -0.640. The Kier molecular flexibility index (Phi) is 3.47. The zero-order valence-corrected chi connectivity index (χ0v) is 9.67. The lowest BCUT2D eigenvalue weighted by Crippen LogP contribution is -2.33. The third-order valence-electron chi connectivity index (χ3n) is 3.42. The molecular weight excluding hydrogens is 204 g/mol. The first kappa shape index (κ1) is 11.8. The Morgan fingerprint density at radius 2 is 2.19 bits per heavy atom. The molecule has 0 unspecified atom stereocenters. The van der Waals surface area contributed by atoms with Gasteiger partial charge in [-0.1, -0.05) is 24.3 Å². The Morgan fingerprint density at radius 1 is 1.38 bits per heavy atom. The molecule has 90 valence electrons. The van der Waals surface area contributed by atoms with Crippen molar-refractivity contribution in [2.45, 2.75) is 56.5 Å². The van der Waals surface area contributed by atoms with Gasteiger partial charge in [0.05, 0.1) is 11.7 Å². The molecule has 1 saturated heterocycles.